The third-order valence-corrected chi connectivity index (χ3v) is 7.34. The standard InChI is InChI=1S/C28H16F2N2O4S/c29-19-12-21-22(13-20(19)30)37-28(31-21)32-24(15-8-10-16(33)11-9-15)23(26(35)27(32)36)25(34)18-7-3-5-14-4-1-2-6-17(14)18/h1-13,24,33-34H/b25-23+. The van der Waals surface area contributed by atoms with Gasteiger partial charge in [-0.05, 0) is 34.5 Å². The van der Waals surface area contributed by atoms with Gasteiger partial charge in [0.2, 0.25) is 0 Å². The van der Waals surface area contributed by atoms with Crippen LogP contribution < -0.4 is 4.90 Å². The molecule has 2 N–H and O–H groups in total. The Hall–Kier alpha value is -4.63. The van der Waals surface area contributed by atoms with Crippen molar-refractivity contribution >= 4 is 54.9 Å². The van der Waals surface area contributed by atoms with Gasteiger partial charge in [-0.2, -0.15) is 0 Å². The number of halogens is 2. The third kappa shape index (κ3) is 3.63. The van der Waals surface area contributed by atoms with Gasteiger partial charge in [0.1, 0.15) is 11.5 Å². The van der Waals surface area contributed by atoms with E-state index in [1.165, 1.54) is 24.3 Å². The maximum absolute atomic E-state index is 13.8. The topological polar surface area (TPSA) is 90.7 Å². The monoisotopic (exact) mass is 514 g/mol. The number of rotatable bonds is 3. The SMILES string of the molecule is O=C1C(=O)N(c2nc3cc(F)c(F)cc3s2)C(c2ccc(O)cc2)/C1=C(\O)c1cccc2ccccc12. The first-order chi connectivity index (χ1) is 17.8. The summed E-state index contributed by atoms with van der Waals surface area (Å²) in [6.07, 6.45) is 0. The highest BCUT2D eigenvalue weighted by Crippen LogP contribution is 2.45. The molecule has 182 valence electrons. The summed E-state index contributed by atoms with van der Waals surface area (Å²) in [5, 5.41) is 22.9. The van der Waals surface area contributed by atoms with Crippen LogP contribution >= 0.6 is 11.3 Å². The van der Waals surface area contributed by atoms with Crippen molar-refractivity contribution in [3.05, 3.63) is 107 Å². The number of aliphatic hydroxyl groups is 1. The van der Waals surface area contributed by atoms with E-state index >= 15 is 0 Å². The van der Waals surface area contributed by atoms with Crippen LogP contribution in [0.1, 0.15) is 17.2 Å². The van der Waals surface area contributed by atoms with E-state index in [9.17, 15) is 28.6 Å². The van der Waals surface area contributed by atoms with Gasteiger partial charge in [0, 0.05) is 11.6 Å². The van der Waals surface area contributed by atoms with Crippen LogP contribution in [0.4, 0.5) is 13.9 Å². The number of fused-ring (bicyclic) bond motifs is 2. The maximum Gasteiger partial charge on any atom is 0.301 e. The molecule has 1 amide bonds. The third-order valence-electron chi connectivity index (χ3n) is 6.32. The van der Waals surface area contributed by atoms with E-state index < -0.39 is 29.4 Å². The average molecular weight is 515 g/mol. The fourth-order valence-corrected chi connectivity index (χ4v) is 5.59. The number of aromatic nitrogens is 1. The summed E-state index contributed by atoms with van der Waals surface area (Å²) in [4.78, 5) is 32.2. The molecule has 0 saturated carbocycles. The molecule has 1 atom stereocenters. The second-order valence-corrected chi connectivity index (χ2v) is 9.53. The van der Waals surface area contributed by atoms with Gasteiger partial charge < -0.3 is 10.2 Å². The number of carbonyl (C=O) groups excluding carboxylic acids is 2. The lowest BCUT2D eigenvalue weighted by atomic mass is 9.93. The molecule has 0 radical (unpaired) electrons. The Morgan fingerprint density at radius 1 is 0.919 bits per heavy atom. The molecule has 0 aliphatic carbocycles. The number of aromatic hydroxyl groups is 1. The number of anilines is 1. The Morgan fingerprint density at radius 3 is 2.41 bits per heavy atom. The van der Waals surface area contributed by atoms with E-state index in [2.05, 4.69) is 4.98 Å². The van der Waals surface area contributed by atoms with Crippen molar-refractivity contribution in [1.82, 2.24) is 4.98 Å². The number of phenolic OH excluding ortho intramolecular Hbond substituents is 1. The van der Waals surface area contributed by atoms with Crippen molar-refractivity contribution in [3.8, 4) is 5.75 Å². The molecule has 1 aliphatic heterocycles. The Labute approximate surface area is 212 Å². The number of carbonyl (C=O) groups is 2. The summed E-state index contributed by atoms with van der Waals surface area (Å²) < 4.78 is 28.0. The van der Waals surface area contributed by atoms with Gasteiger partial charge in [-0.25, -0.2) is 13.8 Å². The van der Waals surface area contributed by atoms with Crippen LogP contribution in [-0.4, -0.2) is 26.9 Å². The Kier molecular flexibility index (Phi) is 5.24. The van der Waals surface area contributed by atoms with Crippen LogP contribution in [0.5, 0.6) is 5.75 Å². The minimum Gasteiger partial charge on any atom is -0.508 e. The fraction of sp³-hybridized carbons (Fsp3) is 0.0357. The van der Waals surface area contributed by atoms with E-state index in [1.807, 2.05) is 18.2 Å². The van der Waals surface area contributed by atoms with E-state index in [4.69, 9.17) is 0 Å². The lowest BCUT2D eigenvalue weighted by Crippen LogP contribution is -2.29. The molecule has 5 aromatic rings. The van der Waals surface area contributed by atoms with Crippen LogP contribution in [-0.2, 0) is 9.59 Å². The number of thiazole rings is 1. The number of aliphatic hydroxyl groups excluding tert-OH is 1. The second-order valence-electron chi connectivity index (χ2n) is 8.52. The summed E-state index contributed by atoms with van der Waals surface area (Å²) in [7, 11) is 0. The summed E-state index contributed by atoms with van der Waals surface area (Å²) in [5.41, 5.74) is 0.756. The minimum atomic E-state index is -1.10. The number of nitrogens with zero attached hydrogens (tertiary/aromatic N) is 2. The normalized spacial score (nSPS) is 17.2. The molecule has 6 rings (SSSR count). The number of ketones is 1. The predicted octanol–water partition coefficient (Wildman–Crippen LogP) is 6.06. The van der Waals surface area contributed by atoms with Crippen molar-refractivity contribution in [2.45, 2.75) is 6.04 Å². The highest BCUT2D eigenvalue weighted by atomic mass is 32.1. The molecule has 1 aliphatic rings. The second kappa shape index (κ2) is 8.49. The number of benzene rings is 4. The Bertz CT molecular complexity index is 1730. The zero-order valence-corrected chi connectivity index (χ0v) is 19.7. The molecule has 0 spiro atoms. The summed E-state index contributed by atoms with van der Waals surface area (Å²) in [6.45, 7) is 0. The molecule has 37 heavy (non-hydrogen) atoms. The number of Topliss-reactive ketones (excluding diaryl/α,β-unsaturated/α-hetero) is 1. The Balaban J connectivity index is 1.60. The lowest BCUT2D eigenvalue weighted by molar-refractivity contribution is -0.132. The van der Waals surface area contributed by atoms with Crippen LogP contribution in [0.25, 0.3) is 26.7 Å². The number of hydrogen-bond acceptors (Lipinski definition) is 6. The minimum absolute atomic E-state index is 0.0271. The average Bonchev–Trinajstić information content (AvgIpc) is 3.41. The van der Waals surface area contributed by atoms with Crippen LogP contribution in [0, 0.1) is 11.6 Å². The van der Waals surface area contributed by atoms with E-state index in [0.717, 1.165) is 33.8 Å². The van der Waals surface area contributed by atoms with E-state index in [1.54, 1.807) is 24.3 Å². The molecule has 1 aromatic heterocycles. The first kappa shape index (κ1) is 22.8. The fourth-order valence-electron chi connectivity index (χ4n) is 4.59. The molecule has 6 nitrogen and oxygen atoms in total. The van der Waals surface area contributed by atoms with Gasteiger partial charge in [0.15, 0.2) is 16.8 Å². The van der Waals surface area contributed by atoms with Crippen LogP contribution in [0.3, 0.4) is 0 Å². The molecule has 0 bridgehead atoms. The van der Waals surface area contributed by atoms with Crippen molar-refractivity contribution in [1.29, 1.82) is 0 Å². The van der Waals surface area contributed by atoms with Crippen LogP contribution in [0.15, 0.2) is 84.4 Å². The highest BCUT2D eigenvalue weighted by Gasteiger charge is 2.48. The summed E-state index contributed by atoms with van der Waals surface area (Å²) in [6, 6.07) is 19.2. The molecule has 4 aromatic carbocycles. The van der Waals surface area contributed by atoms with E-state index in [-0.39, 0.29) is 32.4 Å². The van der Waals surface area contributed by atoms with Gasteiger partial charge in [0.05, 0.1) is 21.8 Å². The molecular weight excluding hydrogens is 498 g/mol. The summed E-state index contributed by atoms with van der Waals surface area (Å²) in [5.74, 6) is -4.41. The van der Waals surface area contributed by atoms with Crippen molar-refractivity contribution < 1.29 is 28.6 Å². The molecule has 2 heterocycles. The smallest absolute Gasteiger partial charge is 0.301 e. The predicted molar refractivity (Wildman–Crippen MR) is 136 cm³/mol. The Morgan fingerprint density at radius 2 is 1.62 bits per heavy atom. The van der Waals surface area contributed by atoms with E-state index in [0.29, 0.717) is 16.5 Å². The molecule has 1 unspecified atom stereocenters. The van der Waals surface area contributed by atoms with Gasteiger partial charge in [0.25, 0.3) is 5.78 Å². The first-order valence-corrected chi connectivity index (χ1v) is 12.0. The number of phenols is 1. The van der Waals surface area contributed by atoms with Gasteiger partial charge in [-0.1, -0.05) is 65.9 Å². The van der Waals surface area contributed by atoms with Gasteiger partial charge in [-0.15, -0.1) is 0 Å². The molecule has 1 fully saturated rings. The zero-order valence-electron chi connectivity index (χ0n) is 18.9. The first-order valence-electron chi connectivity index (χ1n) is 11.2. The van der Waals surface area contributed by atoms with Gasteiger partial charge >= 0.3 is 5.91 Å². The molecule has 1 saturated heterocycles. The van der Waals surface area contributed by atoms with Crippen molar-refractivity contribution in [2.75, 3.05) is 4.90 Å². The zero-order chi connectivity index (χ0) is 25.8. The molecular formula is C28H16F2N2O4S. The van der Waals surface area contributed by atoms with Crippen molar-refractivity contribution in [2.24, 2.45) is 0 Å². The highest BCUT2D eigenvalue weighted by molar-refractivity contribution is 7.22. The quantitative estimate of drug-likeness (QED) is 0.174. The lowest BCUT2D eigenvalue weighted by Gasteiger charge is -2.23. The van der Waals surface area contributed by atoms with Crippen molar-refractivity contribution in [3.63, 3.8) is 0 Å². The largest absolute Gasteiger partial charge is 0.508 e. The maximum atomic E-state index is 13.8. The number of hydrogen-bond donors (Lipinski definition) is 2. The summed E-state index contributed by atoms with van der Waals surface area (Å²) >= 11 is 0.918. The van der Waals surface area contributed by atoms with Gasteiger partial charge in [-0.3, -0.25) is 14.5 Å². The number of amides is 1. The van der Waals surface area contributed by atoms with Crippen LogP contribution in [0.2, 0.25) is 0 Å². The molecule has 9 heteroatoms.